The lowest BCUT2D eigenvalue weighted by molar-refractivity contribution is 0.872. The lowest BCUT2D eigenvalue weighted by atomic mass is 10.00. The average molecular weight is 187 g/mol. The van der Waals surface area contributed by atoms with Gasteiger partial charge in [-0.25, -0.2) is 0 Å². The largest absolute Gasteiger partial charge is 0.322 e. The van der Waals surface area contributed by atoms with Gasteiger partial charge in [0.25, 0.3) is 0 Å². The molecule has 0 radical (unpaired) electrons. The van der Waals surface area contributed by atoms with Gasteiger partial charge in [0.05, 0.1) is 5.52 Å². The van der Waals surface area contributed by atoms with Crippen LogP contribution in [0.4, 0.5) is 0 Å². The fourth-order valence-electron chi connectivity index (χ4n) is 1.68. The van der Waals surface area contributed by atoms with Crippen LogP contribution in [0, 0.1) is 0 Å². The van der Waals surface area contributed by atoms with E-state index in [0.29, 0.717) is 5.92 Å². The third kappa shape index (κ3) is 1.43. The highest BCUT2D eigenvalue weighted by Crippen LogP contribution is 2.21. The Bertz CT molecular complexity index is 511. The average Bonchev–Trinajstić information content (AvgIpc) is 2.16. The van der Waals surface area contributed by atoms with E-state index >= 15 is 0 Å². The van der Waals surface area contributed by atoms with Gasteiger partial charge in [0.1, 0.15) is 0 Å². The van der Waals surface area contributed by atoms with E-state index in [-0.39, 0.29) is 5.56 Å². The summed E-state index contributed by atoms with van der Waals surface area (Å²) in [5.74, 6) is 0.428. The number of hydrogen-bond acceptors (Lipinski definition) is 1. The van der Waals surface area contributed by atoms with E-state index in [9.17, 15) is 4.79 Å². The third-order valence-electron chi connectivity index (χ3n) is 2.41. The van der Waals surface area contributed by atoms with Crippen molar-refractivity contribution in [1.29, 1.82) is 0 Å². The quantitative estimate of drug-likeness (QED) is 0.731. The van der Waals surface area contributed by atoms with Gasteiger partial charge in [-0.05, 0) is 22.9 Å². The molecular weight excluding hydrogens is 174 g/mol. The lowest BCUT2D eigenvalue weighted by Crippen LogP contribution is -2.04. The second-order valence-corrected chi connectivity index (χ2v) is 3.79. The van der Waals surface area contributed by atoms with E-state index in [0.717, 1.165) is 10.9 Å². The zero-order chi connectivity index (χ0) is 10.1. The number of rotatable bonds is 1. The summed E-state index contributed by atoms with van der Waals surface area (Å²) in [5, 5.41) is 1.09. The predicted octanol–water partition coefficient (Wildman–Crippen LogP) is 2.65. The van der Waals surface area contributed by atoms with Gasteiger partial charge in [0.2, 0.25) is 5.56 Å². The van der Waals surface area contributed by atoms with Gasteiger partial charge < -0.3 is 4.98 Å². The van der Waals surface area contributed by atoms with Crippen molar-refractivity contribution < 1.29 is 0 Å². The molecule has 0 aliphatic carbocycles. The molecule has 72 valence electrons. The highest BCUT2D eigenvalue weighted by atomic mass is 16.1. The fraction of sp³-hybridized carbons (Fsp3) is 0.250. The minimum Gasteiger partial charge on any atom is -0.322 e. The molecule has 0 aliphatic heterocycles. The molecule has 0 saturated carbocycles. The maximum atomic E-state index is 11.2. The molecule has 0 unspecified atom stereocenters. The van der Waals surface area contributed by atoms with Gasteiger partial charge in [0.15, 0.2) is 0 Å². The number of pyridine rings is 1. The normalized spacial score (nSPS) is 11.1. The molecule has 2 heteroatoms. The molecule has 2 rings (SSSR count). The summed E-state index contributed by atoms with van der Waals surface area (Å²) in [6.07, 6.45) is 0. The maximum Gasteiger partial charge on any atom is 0.248 e. The molecule has 0 aliphatic rings. The SMILES string of the molecule is CC(C)c1cccc2ccc(=O)[nH]c12. The standard InChI is InChI=1S/C12H13NO/c1-8(2)10-5-3-4-9-6-7-11(14)13-12(9)10/h3-8H,1-2H3,(H,13,14). The second-order valence-electron chi connectivity index (χ2n) is 3.79. The molecule has 0 bridgehead atoms. The number of nitrogens with one attached hydrogen (secondary N) is 1. The van der Waals surface area contributed by atoms with Crippen LogP contribution >= 0.6 is 0 Å². The summed E-state index contributed by atoms with van der Waals surface area (Å²) >= 11 is 0. The van der Waals surface area contributed by atoms with E-state index in [4.69, 9.17) is 0 Å². The highest BCUT2D eigenvalue weighted by Gasteiger charge is 2.04. The molecular formula is C12H13NO. The zero-order valence-electron chi connectivity index (χ0n) is 8.37. The van der Waals surface area contributed by atoms with Gasteiger partial charge in [-0.2, -0.15) is 0 Å². The number of hydrogen-bond donors (Lipinski definition) is 1. The van der Waals surface area contributed by atoms with Gasteiger partial charge in [-0.3, -0.25) is 4.79 Å². The molecule has 0 atom stereocenters. The Balaban J connectivity index is 2.84. The Kier molecular flexibility index (Phi) is 2.12. The minimum atomic E-state index is -0.0365. The lowest BCUT2D eigenvalue weighted by Gasteiger charge is -2.08. The van der Waals surface area contributed by atoms with Crippen molar-refractivity contribution >= 4 is 10.9 Å². The first kappa shape index (κ1) is 9.00. The Morgan fingerprint density at radius 2 is 1.93 bits per heavy atom. The van der Waals surface area contributed by atoms with Crippen molar-refractivity contribution in [2.75, 3.05) is 0 Å². The minimum absolute atomic E-state index is 0.0365. The number of fused-ring (bicyclic) bond motifs is 1. The number of benzene rings is 1. The first-order chi connectivity index (χ1) is 6.68. The summed E-state index contributed by atoms with van der Waals surface area (Å²) < 4.78 is 0. The first-order valence-corrected chi connectivity index (χ1v) is 4.80. The summed E-state index contributed by atoms with van der Waals surface area (Å²) in [4.78, 5) is 14.1. The number of aromatic amines is 1. The van der Waals surface area contributed by atoms with Crippen molar-refractivity contribution in [3.8, 4) is 0 Å². The monoisotopic (exact) mass is 187 g/mol. The molecule has 1 N–H and O–H groups in total. The van der Waals surface area contributed by atoms with Crippen LogP contribution in [0.3, 0.4) is 0 Å². The van der Waals surface area contributed by atoms with Crippen LogP contribution in [-0.4, -0.2) is 4.98 Å². The molecule has 2 aromatic rings. The molecule has 2 nitrogen and oxygen atoms in total. The van der Waals surface area contributed by atoms with Gasteiger partial charge >= 0.3 is 0 Å². The van der Waals surface area contributed by atoms with Crippen molar-refractivity contribution in [2.45, 2.75) is 19.8 Å². The molecule has 1 aromatic heterocycles. The van der Waals surface area contributed by atoms with Crippen LogP contribution in [0.2, 0.25) is 0 Å². The van der Waals surface area contributed by atoms with Gasteiger partial charge in [0, 0.05) is 6.07 Å². The highest BCUT2D eigenvalue weighted by molar-refractivity contribution is 5.81. The predicted molar refractivity (Wildman–Crippen MR) is 58.7 cm³/mol. The molecule has 14 heavy (non-hydrogen) atoms. The summed E-state index contributed by atoms with van der Waals surface area (Å²) in [5.41, 5.74) is 2.13. The topological polar surface area (TPSA) is 32.9 Å². The zero-order valence-corrected chi connectivity index (χ0v) is 8.37. The molecule has 0 amide bonds. The summed E-state index contributed by atoms with van der Waals surface area (Å²) in [6, 6.07) is 9.52. The first-order valence-electron chi connectivity index (χ1n) is 4.80. The number of aromatic nitrogens is 1. The second kappa shape index (κ2) is 3.29. The van der Waals surface area contributed by atoms with E-state index in [1.165, 1.54) is 5.56 Å². The Morgan fingerprint density at radius 1 is 1.14 bits per heavy atom. The molecule has 0 saturated heterocycles. The van der Waals surface area contributed by atoms with Crippen molar-refractivity contribution in [3.05, 3.63) is 46.2 Å². The van der Waals surface area contributed by atoms with Crippen LogP contribution < -0.4 is 5.56 Å². The van der Waals surface area contributed by atoms with Crippen LogP contribution in [-0.2, 0) is 0 Å². The van der Waals surface area contributed by atoms with Gasteiger partial charge in [-0.15, -0.1) is 0 Å². The van der Waals surface area contributed by atoms with E-state index in [2.05, 4.69) is 24.9 Å². The fourth-order valence-corrected chi connectivity index (χ4v) is 1.68. The van der Waals surface area contributed by atoms with Crippen LogP contribution in [0.15, 0.2) is 35.1 Å². The van der Waals surface area contributed by atoms with Crippen LogP contribution in [0.5, 0.6) is 0 Å². The molecule has 1 aromatic carbocycles. The van der Waals surface area contributed by atoms with Crippen molar-refractivity contribution in [1.82, 2.24) is 4.98 Å². The Morgan fingerprint density at radius 3 is 2.64 bits per heavy atom. The maximum absolute atomic E-state index is 11.2. The molecule has 1 heterocycles. The van der Waals surface area contributed by atoms with Crippen LogP contribution in [0.1, 0.15) is 25.3 Å². The smallest absolute Gasteiger partial charge is 0.248 e. The van der Waals surface area contributed by atoms with Crippen molar-refractivity contribution in [3.63, 3.8) is 0 Å². The van der Waals surface area contributed by atoms with E-state index in [1.807, 2.05) is 18.2 Å². The molecule has 0 spiro atoms. The van der Waals surface area contributed by atoms with Crippen molar-refractivity contribution in [2.24, 2.45) is 0 Å². The third-order valence-corrected chi connectivity index (χ3v) is 2.41. The van der Waals surface area contributed by atoms with E-state index < -0.39 is 0 Å². The Hall–Kier alpha value is -1.57. The summed E-state index contributed by atoms with van der Waals surface area (Å²) in [7, 11) is 0. The number of para-hydroxylation sites is 1. The molecule has 0 fully saturated rings. The van der Waals surface area contributed by atoms with Crippen LogP contribution in [0.25, 0.3) is 10.9 Å². The van der Waals surface area contributed by atoms with Gasteiger partial charge in [-0.1, -0.05) is 32.0 Å². The summed E-state index contributed by atoms with van der Waals surface area (Å²) in [6.45, 7) is 4.25. The van der Waals surface area contributed by atoms with E-state index in [1.54, 1.807) is 6.07 Å². The number of H-pyrrole nitrogens is 1. The Labute approximate surface area is 82.6 Å².